The van der Waals surface area contributed by atoms with E-state index in [9.17, 15) is 9.18 Å². The molecule has 1 fully saturated rings. The maximum absolute atomic E-state index is 14.5. The first-order valence-corrected chi connectivity index (χ1v) is 10.5. The van der Waals surface area contributed by atoms with Gasteiger partial charge in [0, 0.05) is 19.2 Å². The maximum atomic E-state index is 14.5. The van der Waals surface area contributed by atoms with Crippen LogP contribution in [0.15, 0.2) is 24.4 Å². The zero-order valence-electron chi connectivity index (χ0n) is 17.3. The van der Waals surface area contributed by atoms with Gasteiger partial charge in [-0.15, -0.1) is 0 Å². The number of likely N-dealkylation sites (N-methyl/N-ethyl adjacent to an activating group) is 1. The Morgan fingerprint density at radius 1 is 1.42 bits per heavy atom. The maximum Gasteiger partial charge on any atom is 0.257 e. The molecular formula is C21H24ClFN6O2. The van der Waals surface area contributed by atoms with Crippen molar-refractivity contribution in [2.75, 3.05) is 32.1 Å². The van der Waals surface area contributed by atoms with Crippen LogP contribution in [0.3, 0.4) is 0 Å². The van der Waals surface area contributed by atoms with Crippen LogP contribution in [0.25, 0.3) is 22.6 Å². The number of aromatic nitrogens is 3. The lowest BCUT2D eigenvalue weighted by Gasteiger charge is -2.30. The van der Waals surface area contributed by atoms with Gasteiger partial charge in [0.25, 0.3) is 5.91 Å². The number of nitrogens with one attached hydrogen (secondary N) is 4. The molecule has 4 rings (SSSR count). The molecule has 1 aromatic carbocycles. The topological polar surface area (TPSA) is 104 Å². The average molecular weight is 447 g/mol. The SMILES string of the molecule is CC[C@]1(Nc2c(Cl)cnc3nc(-c4ccc(OCC(=O)NC)c(F)c4)[nH]c23)CCNC1. The molecule has 2 aromatic heterocycles. The molecule has 1 saturated heterocycles. The highest BCUT2D eigenvalue weighted by molar-refractivity contribution is 6.34. The van der Waals surface area contributed by atoms with Crippen molar-refractivity contribution in [3.63, 3.8) is 0 Å². The van der Waals surface area contributed by atoms with E-state index in [4.69, 9.17) is 16.3 Å². The van der Waals surface area contributed by atoms with E-state index in [0.717, 1.165) is 31.6 Å². The fraction of sp³-hybridized carbons (Fsp3) is 0.381. The molecule has 1 atom stereocenters. The van der Waals surface area contributed by atoms with Crippen molar-refractivity contribution in [2.45, 2.75) is 25.3 Å². The van der Waals surface area contributed by atoms with Gasteiger partial charge in [-0.05, 0) is 37.6 Å². The molecule has 0 radical (unpaired) electrons. The Balaban J connectivity index is 1.65. The summed E-state index contributed by atoms with van der Waals surface area (Å²) >= 11 is 6.47. The van der Waals surface area contributed by atoms with Gasteiger partial charge in [-0.1, -0.05) is 18.5 Å². The van der Waals surface area contributed by atoms with Gasteiger partial charge in [0.15, 0.2) is 23.8 Å². The van der Waals surface area contributed by atoms with Gasteiger partial charge >= 0.3 is 0 Å². The number of aromatic amines is 1. The number of rotatable bonds is 7. The smallest absolute Gasteiger partial charge is 0.257 e. The molecule has 0 saturated carbocycles. The Hall–Kier alpha value is -2.91. The monoisotopic (exact) mass is 446 g/mol. The third-order valence-corrected chi connectivity index (χ3v) is 5.91. The van der Waals surface area contributed by atoms with E-state index in [0.29, 0.717) is 27.6 Å². The summed E-state index contributed by atoms with van der Waals surface area (Å²) in [6.07, 6.45) is 3.48. The van der Waals surface area contributed by atoms with Gasteiger partial charge < -0.3 is 25.7 Å². The Morgan fingerprint density at radius 2 is 2.26 bits per heavy atom. The lowest BCUT2D eigenvalue weighted by molar-refractivity contribution is -0.122. The number of benzene rings is 1. The molecule has 8 nitrogen and oxygen atoms in total. The molecule has 0 bridgehead atoms. The van der Waals surface area contributed by atoms with Crippen LogP contribution in [-0.2, 0) is 4.79 Å². The first-order chi connectivity index (χ1) is 14.9. The number of nitrogens with zero attached hydrogens (tertiary/aromatic N) is 2. The minimum Gasteiger partial charge on any atom is -0.481 e. The summed E-state index contributed by atoms with van der Waals surface area (Å²) in [5.41, 5.74) is 2.32. The Morgan fingerprint density at radius 3 is 2.94 bits per heavy atom. The number of imidazole rings is 1. The number of H-pyrrole nitrogens is 1. The molecule has 0 aliphatic carbocycles. The molecule has 3 heterocycles. The molecule has 0 spiro atoms. The van der Waals surface area contributed by atoms with Crippen LogP contribution in [0.2, 0.25) is 5.02 Å². The molecule has 1 aliphatic rings. The quantitative estimate of drug-likeness (QED) is 0.444. The molecule has 31 heavy (non-hydrogen) atoms. The molecule has 164 valence electrons. The van der Waals surface area contributed by atoms with Crippen molar-refractivity contribution in [1.29, 1.82) is 0 Å². The van der Waals surface area contributed by atoms with Crippen molar-refractivity contribution < 1.29 is 13.9 Å². The minimum absolute atomic E-state index is 0.00870. The lowest BCUT2D eigenvalue weighted by Crippen LogP contribution is -2.39. The van der Waals surface area contributed by atoms with Crippen LogP contribution in [0, 0.1) is 5.82 Å². The predicted octanol–water partition coefficient (Wildman–Crippen LogP) is 3.10. The summed E-state index contributed by atoms with van der Waals surface area (Å²) in [5.74, 6) is -0.482. The van der Waals surface area contributed by atoms with Crippen LogP contribution in [-0.4, -0.2) is 53.1 Å². The second-order valence-corrected chi connectivity index (χ2v) is 7.97. The van der Waals surface area contributed by atoms with Gasteiger partial charge in [-0.2, -0.15) is 0 Å². The van der Waals surface area contributed by atoms with Crippen molar-refractivity contribution in [2.24, 2.45) is 0 Å². The Bertz CT molecular complexity index is 1110. The van der Waals surface area contributed by atoms with Gasteiger partial charge in [0.1, 0.15) is 11.3 Å². The molecule has 1 amide bonds. The highest BCUT2D eigenvalue weighted by Gasteiger charge is 2.33. The standard InChI is InChI=1S/C21H24ClFN6O2/c1-3-21(6-7-25-11-21)29-17-13(22)9-26-20-18(17)27-19(28-20)12-4-5-15(14(23)8-12)31-10-16(30)24-2/h4-5,8-9,25H,3,6-7,10-11H2,1-2H3,(H,24,30)(H2,26,27,28,29)/t21-/m0/s1. The summed E-state index contributed by atoms with van der Waals surface area (Å²) < 4.78 is 19.7. The van der Waals surface area contributed by atoms with Crippen molar-refractivity contribution in [3.05, 3.63) is 35.2 Å². The van der Waals surface area contributed by atoms with Crippen LogP contribution < -0.4 is 20.7 Å². The number of carbonyl (C=O) groups is 1. The Labute approximate surface area is 183 Å². The second-order valence-electron chi connectivity index (χ2n) is 7.56. The molecule has 1 aliphatic heterocycles. The predicted molar refractivity (Wildman–Crippen MR) is 118 cm³/mol. The van der Waals surface area contributed by atoms with E-state index in [2.05, 4.69) is 37.8 Å². The van der Waals surface area contributed by atoms with E-state index < -0.39 is 5.82 Å². The first-order valence-electron chi connectivity index (χ1n) is 10.1. The summed E-state index contributed by atoms with van der Waals surface area (Å²) in [5, 5.41) is 9.90. The number of fused-ring (bicyclic) bond motifs is 1. The summed E-state index contributed by atoms with van der Waals surface area (Å²) in [4.78, 5) is 23.4. The number of ether oxygens (including phenoxy) is 1. The summed E-state index contributed by atoms with van der Waals surface area (Å²) in [6.45, 7) is 3.66. The van der Waals surface area contributed by atoms with Gasteiger partial charge in [0.05, 0.1) is 22.4 Å². The minimum atomic E-state index is -0.590. The van der Waals surface area contributed by atoms with E-state index in [1.54, 1.807) is 12.3 Å². The van der Waals surface area contributed by atoms with Crippen LogP contribution >= 0.6 is 11.6 Å². The van der Waals surface area contributed by atoms with Gasteiger partial charge in [-0.3, -0.25) is 4.79 Å². The number of pyridine rings is 1. The van der Waals surface area contributed by atoms with Crippen LogP contribution in [0.4, 0.5) is 10.1 Å². The van der Waals surface area contributed by atoms with Crippen LogP contribution in [0.5, 0.6) is 5.75 Å². The number of anilines is 1. The van der Waals surface area contributed by atoms with Crippen molar-refractivity contribution in [1.82, 2.24) is 25.6 Å². The normalized spacial score (nSPS) is 18.3. The molecular weight excluding hydrogens is 423 g/mol. The largest absolute Gasteiger partial charge is 0.481 e. The second kappa shape index (κ2) is 8.68. The third-order valence-electron chi connectivity index (χ3n) is 5.63. The van der Waals surface area contributed by atoms with Gasteiger partial charge in [0.2, 0.25) is 0 Å². The van der Waals surface area contributed by atoms with E-state index in [-0.39, 0.29) is 23.8 Å². The molecule has 3 aromatic rings. The lowest BCUT2D eigenvalue weighted by atomic mass is 9.95. The van der Waals surface area contributed by atoms with Crippen LogP contribution in [0.1, 0.15) is 19.8 Å². The van der Waals surface area contributed by atoms with E-state index in [1.165, 1.54) is 19.2 Å². The van der Waals surface area contributed by atoms with E-state index >= 15 is 0 Å². The fourth-order valence-electron chi connectivity index (χ4n) is 3.68. The molecule has 10 heteroatoms. The number of halogens is 2. The Kier molecular flexibility index (Phi) is 5.97. The summed E-state index contributed by atoms with van der Waals surface area (Å²) in [6, 6.07) is 4.44. The summed E-state index contributed by atoms with van der Waals surface area (Å²) in [7, 11) is 1.49. The number of carbonyl (C=O) groups excluding carboxylic acids is 1. The van der Waals surface area contributed by atoms with Gasteiger partial charge in [-0.25, -0.2) is 14.4 Å². The zero-order valence-corrected chi connectivity index (χ0v) is 18.1. The number of hydrogen-bond donors (Lipinski definition) is 4. The molecule has 0 unspecified atom stereocenters. The van der Waals surface area contributed by atoms with Crippen molar-refractivity contribution in [3.8, 4) is 17.1 Å². The fourth-order valence-corrected chi connectivity index (χ4v) is 3.87. The average Bonchev–Trinajstić information content (AvgIpc) is 3.42. The third kappa shape index (κ3) is 4.28. The highest BCUT2D eigenvalue weighted by Crippen LogP contribution is 2.35. The first kappa shape index (κ1) is 21.3. The zero-order chi connectivity index (χ0) is 22.0. The molecule has 4 N–H and O–H groups in total. The number of amides is 1. The highest BCUT2D eigenvalue weighted by atomic mass is 35.5. The van der Waals surface area contributed by atoms with E-state index in [1.807, 2.05) is 0 Å². The number of hydrogen-bond acceptors (Lipinski definition) is 6. The van der Waals surface area contributed by atoms with Crippen molar-refractivity contribution >= 4 is 34.4 Å².